The highest BCUT2D eigenvalue weighted by atomic mass is 31.1. The highest BCUT2D eigenvalue weighted by Gasteiger charge is 2.07. The number of aryl methyl sites for hydroxylation is 1. The molecule has 1 unspecified atom stereocenters. The summed E-state index contributed by atoms with van der Waals surface area (Å²) in [7, 11) is 0.566. The van der Waals surface area contributed by atoms with Crippen LogP contribution in [0.4, 0.5) is 28.4 Å². The predicted octanol–water partition coefficient (Wildman–Crippen LogP) is 8.01. The molecule has 0 aliphatic rings. The SMILES string of the molecule is C=Cc1c(N=Nc2ccc(N=Nc3ccc(C)cc3)cc2)ccc(N)c1PC.CC. The Bertz CT molecular complexity index is 1020. The van der Waals surface area contributed by atoms with E-state index in [1.165, 1.54) is 5.56 Å². The van der Waals surface area contributed by atoms with Gasteiger partial charge in [-0.3, -0.25) is 0 Å². The quantitative estimate of drug-likeness (QED) is 0.246. The number of benzene rings is 3. The van der Waals surface area contributed by atoms with Crippen LogP contribution in [0.1, 0.15) is 25.0 Å². The molecule has 3 rings (SSSR count). The Morgan fingerprint density at radius 1 is 0.767 bits per heavy atom. The maximum atomic E-state index is 6.05. The van der Waals surface area contributed by atoms with E-state index in [1.807, 2.05) is 81.4 Å². The molecule has 0 bridgehead atoms. The lowest BCUT2D eigenvalue weighted by atomic mass is 10.1. The average Bonchev–Trinajstić information content (AvgIpc) is 2.79. The fraction of sp³-hybridized carbons (Fsp3) is 0.167. The van der Waals surface area contributed by atoms with Gasteiger partial charge in [0.1, 0.15) is 0 Å². The van der Waals surface area contributed by atoms with Crippen molar-refractivity contribution in [2.75, 3.05) is 12.4 Å². The third kappa shape index (κ3) is 6.16. The zero-order chi connectivity index (χ0) is 21.9. The van der Waals surface area contributed by atoms with E-state index in [-0.39, 0.29) is 0 Å². The highest BCUT2D eigenvalue weighted by molar-refractivity contribution is 7.47. The van der Waals surface area contributed by atoms with E-state index in [0.29, 0.717) is 8.58 Å². The zero-order valence-electron chi connectivity index (χ0n) is 17.9. The van der Waals surface area contributed by atoms with Crippen LogP contribution in [0, 0.1) is 6.92 Å². The normalized spacial score (nSPS) is 11.2. The van der Waals surface area contributed by atoms with Crippen molar-refractivity contribution in [3.8, 4) is 0 Å². The highest BCUT2D eigenvalue weighted by Crippen LogP contribution is 2.28. The number of rotatable bonds is 6. The van der Waals surface area contributed by atoms with Crippen molar-refractivity contribution in [2.45, 2.75) is 20.8 Å². The minimum absolute atomic E-state index is 0.566. The number of azo groups is 2. The van der Waals surface area contributed by atoms with Gasteiger partial charge >= 0.3 is 0 Å². The Kier molecular flexibility index (Phi) is 9.04. The molecule has 2 N–H and O–H groups in total. The molecule has 0 heterocycles. The Balaban J connectivity index is 0.00000155. The van der Waals surface area contributed by atoms with Crippen LogP contribution >= 0.6 is 8.58 Å². The van der Waals surface area contributed by atoms with Crippen LogP contribution < -0.4 is 11.0 Å². The summed E-state index contributed by atoms with van der Waals surface area (Å²) in [5.74, 6) is 0. The van der Waals surface area contributed by atoms with Crippen LogP contribution in [0.2, 0.25) is 0 Å². The molecule has 0 saturated heterocycles. The standard InChI is InChI=1S/C22H22N5P.C2H6/c1-4-19-21(14-13-20(23)22(19)28-3)27-26-18-11-9-17(10-12-18)25-24-16-7-5-15(2)6-8-16;1-2/h4-14,28H,1,23H2,2-3H3;1-2H3. The topological polar surface area (TPSA) is 75.5 Å². The van der Waals surface area contributed by atoms with Gasteiger partial charge in [-0.15, -0.1) is 5.11 Å². The zero-order valence-corrected chi connectivity index (χ0v) is 18.9. The molecule has 5 nitrogen and oxygen atoms in total. The van der Waals surface area contributed by atoms with E-state index >= 15 is 0 Å². The molecule has 1 atom stereocenters. The summed E-state index contributed by atoms with van der Waals surface area (Å²) in [5.41, 5.74) is 12.0. The largest absolute Gasteiger partial charge is 0.398 e. The van der Waals surface area contributed by atoms with Crippen molar-refractivity contribution in [3.63, 3.8) is 0 Å². The Morgan fingerprint density at radius 2 is 1.23 bits per heavy atom. The summed E-state index contributed by atoms with van der Waals surface area (Å²) in [6.45, 7) is 12.0. The van der Waals surface area contributed by atoms with Gasteiger partial charge in [0.2, 0.25) is 0 Å². The van der Waals surface area contributed by atoms with Crippen LogP contribution in [-0.2, 0) is 0 Å². The lowest BCUT2D eigenvalue weighted by Crippen LogP contribution is -2.07. The molecule has 0 aliphatic carbocycles. The first-order chi connectivity index (χ1) is 14.6. The van der Waals surface area contributed by atoms with E-state index in [1.54, 1.807) is 6.08 Å². The van der Waals surface area contributed by atoms with Gasteiger partial charge in [0.15, 0.2) is 0 Å². The predicted molar refractivity (Wildman–Crippen MR) is 132 cm³/mol. The molecule has 0 amide bonds. The second-order valence-electron chi connectivity index (χ2n) is 6.17. The van der Waals surface area contributed by atoms with Gasteiger partial charge in [0.05, 0.1) is 22.7 Å². The molecule has 0 aromatic heterocycles. The average molecular weight is 417 g/mol. The summed E-state index contributed by atoms with van der Waals surface area (Å²) >= 11 is 0. The second-order valence-corrected chi connectivity index (χ2v) is 7.17. The lowest BCUT2D eigenvalue weighted by Gasteiger charge is -2.09. The molecule has 6 heteroatoms. The molecule has 30 heavy (non-hydrogen) atoms. The molecule has 3 aromatic carbocycles. The van der Waals surface area contributed by atoms with Crippen LogP contribution in [0.15, 0.2) is 87.7 Å². The van der Waals surface area contributed by atoms with Gasteiger partial charge in [-0.1, -0.05) is 52.8 Å². The fourth-order valence-corrected chi connectivity index (χ4v) is 3.49. The molecule has 0 saturated carbocycles. The Hall–Kier alpha value is -3.17. The van der Waals surface area contributed by atoms with Crippen molar-refractivity contribution in [2.24, 2.45) is 20.5 Å². The summed E-state index contributed by atoms with van der Waals surface area (Å²) in [4.78, 5) is 0. The Morgan fingerprint density at radius 3 is 1.70 bits per heavy atom. The molecular weight excluding hydrogens is 389 g/mol. The molecule has 0 spiro atoms. The molecule has 3 aromatic rings. The minimum Gasteiger partial charge on any atom is -0.398 e. The maximum Gasteiger partial charge on any atom is 0.0936 e. The van der Waals surface area contributed by atoms with Crippen molar-refractivity contribution in [3.05, 3.63) is 78.4 Å². The smallest absolute Gasteiger partial charge is 0.0936 e. The molecule has 154 valence electrons. The summed E-state index contributed by atoms with van der Waals surface area (Å²) in [6, 6.07) is 19.1. The summed E-state index contributed by atoms with van der Waals surface area (Å²) < 4.78 is 0. The van der Waals surface area contributed by atoms with Crippen molar-refractivity contribution in [1.82, 2.24) is 0 Å². The van der Waals surface area contributed by atoms with Crippen molar-refractivity contribution in [1.29, 1.82) is 0 Å². The summed E-state index contributed by atoms with van der Waals surface area (Å²) in [5, 5.41) is 18.3. The van der Waals surface area contributed by atoms with Gasteiger partial charge in [-0.05, 0) is 62.1 Å². The van der Waals surface area contributed by atoms with Crippen LogP contribution in [0.3, 0.4) is 0 Å². The van der Waals surface area contributed by atoms with Gasteiger partial charge in [-0.2, -0.15) is 15.3 Å². The number of nitrogen functional groups attached to an aromatic ring is 1. The van der Waals surface area contributed by atoms with Gasteiger partial charge in [0, 0.05) is 16.6 Å². The van der Waals surface area contributed by atoms with Crippen LogP contribution in [0.25, 0.3) is 6.08 Å². The number of hydrogen-bond acceptors (Lipinski definition) is 5. The third-order valence-electron chi connectivity index (χ3n) is 4.15. The number of hydrogen-bond donors (Lipinski definition) is 1. The minimum atomic E-state index is 0.566. The van der Waals surface area contributed by atoms with Gasteiger partial charge in [0.25, 0.3) is 0 Å². The summed E-state index contributed by atoms with van der Waals surface area (Å²) in [6.07, 6.45) is 1.78. The van der Waals surface area contributed by atoms with Gasteiger partial charge in [-0.25, -0.2) is 0 Å². The first kappa shape index (κ1) is 23.1. The molecule has 0 radical (unpaired) electrons. The van der Waals surface area contributed by atoms with E-state index in [9.17, 15) is 0 Å². The van der Waals surface area contributed by atoms with Crippen LogP contribution in [-0.4, -0.2) is 6.66 Å². The van der Waals surface area contributed by atoms with Crippen LogP contribution in [0.5, 0.6) is 0 Å². The van der Waals surface area contributed by atoms with E-state index < -0.39 is 0 Å². The molecular formula is C24H28N5P. The van der Waals surface area contributed by atoms with E-state index in [0.717, 1.165) is 39.3 Å². The Labute approximate surface area is 180 Å². The lowest BCUT2D eigenvalue weighted by molar-refractivity contribution is 1.21. The fourth-order valence-electron chi connectivity index (χ4n) is 2.62. The first-order valence-electron chi connectivity index (χ1n) is 9.83. The monoisotopic (exact) mass is 417 g/mol. The third-order valence-corrected chi connectivity index (χ3v) is 5.20. The van der Waals surface area contributed by atoms with E-state index in [2.05, 4.69) is 33.7 Å². The number of nitrogens with zero attached hydrogens (tertiary/aromatic N) is 4. The second kappa shape index (κ2) is 11.7. The maximum absolute atomic E-state index is 6.05. The number of nitrogens with two attached hydrogens (primary N) is 1. The van der Waals surface area contributed by atoms with Crippen molar-refractivity contribution < 1.29 is 0 Å². The van der Waals surface area contributed by atoms with Crippen molar-refractivity contribution >= 4 is 48.4 Å². The molecule has 0 aliphatic heterocycles. The number of anilines is 1. The van der Waals surface area contributed by atoms with Gasteiger partial charge < -0.3 is 5.73 Å². The molecule has 0 fully saturated rings. The first-order valence-corrected chi connectivity index (χ1v) is 11.3. The van der Waals surface area contributed by atoms with E-state index in [4.69, 9.17) is 5.73 Å².